The minimum absolute atomic E-state index is 0.260. The molecule has 184 valence electrons. The number of hydrogen-bond donors (Lipinski definition) is 1. The summed E-state index contributed by atoms with van der Waals surface area (Å²) < 4.78 is 46.2. The zero-order valence-corrected chi connectivity index (χ0v) is 19.7. The molecule has 0 saturated carbocycles. The first-order chi connectivity index (χ1) is 17.3. The Morgan fingerprint density at radius 2 is 1.86 bits per heavy atom. The maximum Gasteiger partial charge on any atom is 0.434 e. The van der Waals surface area contributed by atoms with Gasteiger partial charge in [0, 0.05) is 43.2 Å². The van der Waals surface area contributed by atoms with Crippen molar-refractivity contribution in [2.24, 2.45) is 7.05 Å². The number of aryl methyl sites for hydroxylation is 1. The second-order valence-electron chi connectivity index (χ2n) is 8.41. The topological polar surface area (TPSA) is 81.5 Å². The third-order valence-corrected chi connectivity index (χ3v) is 5.72. The van der Waals surface area contributed by atoms with Gasteiger partial charge in [0.1, 0.15) is 5.82 Å². The minimum Gasteiger partial charge on any atom is -0.477 e. The molecule has 7 nitrogen and oxygen atoms in total. The molecule has 10 heteroatoms. The molecule has 1 N–H and O–H groups in total. The van der Waals surface area contributed by atoms with Crippen molar-refractivity contribution in [3.8, 4) is 28.7 Å². The summed E-state index contributed by atoms with van der Waals surface area (Å²) in [5, 5.41) is 0. The zero-order chi connectivity index (χ0) is 25.3. The van der Waals surface area contributed by atoms with Crippen LogP contribution in [0, 0.1) is 0 Å². The standard InChI is InChI=1S/C26H23F3N6O/c1-3-11-36-25-19(5-4-10-30-25)23-32-14-20-22(34-23)18(13-31-20)12-16-6-8-17(9-7-16)24-33-21(15-35(24)2)26(27,28)29/h4-10,13-15,31H,3,11-12H2,1-2H3. The number of benzene rings is 1. The van der Waals surface area contributed by atoms with Gasteiger partial charge in [0.05, 0.1) is 29.4 Å². The van der Waals surface area contributed by atoms with Gasteiger partial charge in [-0.3, -0.25) is 0 Å². The van der Waals surface area contributed by atoms with Gasteiger partial charge in [-0.15, -0.1) is 0 Å². The Kier molecular flexibility index (Phi) is 6.17. The van der Waals surface area contributed by atoms with Crippen molar-refractivity contribution >= 4 is 11.0 Å². The van der Waals surface area contributed by atoms with Crippen LogP contribution in [-0.2, 0) is 19.6 Å². The van der Waals surface area contributed by atoms with Gasteiger partial charge in [0.2, 0.25) is 5.88 Å². The van der Waals surface area contributed by atoms with Crippen molar-refractivity contribution in [1.82, 2.24) is 29.5 Å². The average molecular weight is 493 g/mol. The number of alkyl halides is 3. The molecule has 5 aromatic rings. The van der Waals surface area contributed by atoms with Gasteiger partial charge in [-0.05, 0) is 24.1 Å². The van der Waals surface area contributed by atoms with E-state index in [9.17, 15) is 13.2 Å². The number of nitrogens with zero attached hydrogens (tertiary/aromatic N) is 5. The Labute approximate surface area is 205 Å². The first kappa shape index (κ1) is 23.5. The lowest BCUT2D eigenvalue weighted by atomic mass is 10.0. The van der Waals surface area contributed by atoms with E-state index in [1.165, 1.54) is 4.57 Å². The summed E-state index contributed by atoms with van der Waals surface area (Å²) in [6, 6.07) is 11.0. The van der Waals surface area contributed by atoms with Gasteiger partial charge < -0.3 is 14.3 Å². The summed E-state index contributed by atoms with van der Waals surface area (Å²) in [7, 11) is 1.55. The van der Waals surface area contributed by atoms with Crippen LogP contribution in [0.3, 0.4) is 0 Å². The molecule has 0 spiro atoms. The van der Waals surface area contributed by atoms with E-state index in [4.69, 9.17) is 9.72 Å². The number of fused-ring (bicyclic) bond motifs is 1. The van der Waals surface area contributed by atoms with Crippen molar-refractivity contribution < 1.29 is 17.9 Å². The van der Waals surface area contributed by atoms with Crippen LogP contribution in [0.5, 0.6) is 5.88 Å². The van der Waals surface area contributed by atoms with E-state index in [1.54, 1.807) is 31.6 Å². The fourth-order valence-electron chi connectivity index (χ4n) is 3.97. The summed E-state index contributed by atoms with van der Waals surface area (Å²) in [6.07, 6.45) is 3.26. The molecule has 0 aliphatic rings. The third kappa shape index (κ3) is 4.66. The van der Waals surface area contributed by atoms with Crippen molar-refractivity contribution in [1.29, 1.82) is 0 Å². The van der Waals surface area contributed by atoms with Crippen LogP contribution in [0.2, 0.25) is 0 Å². The molecule has 0 unspecified atom stereocenters. The first-order valence-electron chi connectivity index (χ1n) is 11.4. The van der Waals surface area contributed by atoms with E-state index >= 15 is 0 Å². The lowest BCUT2D eigenvalue weighted by molar-refractivity contribution is -0.140. The van der Waals surface area contributed by atoms with Crippen molar-refractivity contribution in [3.63, 3.8) is 0 Å². The average Bonchev–Trinajstić information content (AvgIpc) is 3.46. The maximum atomic E-state index is 13.0. The van der Waals surface area contributed by atoms with E-state index in [2.05, 4.69) is 19.9 Å². The Bertz CT molecular complexity index is 1500. The third-order valence-electron chi connectivity index (χ3n) is 5.72. The van der Waals surface area contributed by atoms with Gasteiger partial charge in [0.15, 0.2) is 11.5 Å². The fraction of sp³-hybridized carbons (Fsp3) is 0.231. The lowest BCUT2D eigenvalue weighted by Crippen LogP contribution is -2.04. The van der Waals surface area contributed by atoms with Crippen molar-refractivity contribution in [2.75, 3.05) is 6.61 Å². The summed E-state index contributed by atoms with van der Waals surface area (Å²) in [5.41, 5.74) is 3.96. The summed E-state index contributed by atoms with van der Waals surface area (Å²) in [5.74, 6) is 1.28. The highest BCUT2D eigenvalue weighted by Gasteiger charge is 2.34. The second-order valence-corrected chi connectivity index (χ2v) is 8.41. The number of ether oxygens (including phenoxy) is 1. The van der Waals surface area contributed by atoms with Crippen LogP contribution < -0.4 is 4.74 Å². The predicted molar refractivity (Wildman–Crippen MR) is 129 cm³/mol. The van der Waals surface area contributed by atoms with E-state index < -0.39 is 11.9 Å². The van der Waals surface area contributed by atoms with Crippen LogP contribution in [0.15, 0.2) is 61.2 Å². The molecule has 4 heterocycles. The molecule has 0 fully saturated rings. The summed E-state index contributed by atoms with van der Waals surface area (Å²) >= 11 is 0. The lowest BCUT2D eigenvalue weighted by Gasteiger charge is -2.08. The molecule has 0 saturated heterocycles. The maximum absolute atomic E-state index is 13.0. The molecule has 5 rings (SSSR count). The number of aromatic amines is 1. The number of rotatable bonds is 7. The number of H-pyrrole nitrogens is 1. The quantitative estimate of drug-likeness (QED) is 0.310. The minimum atomic E-state index is -4.48. The Hall–Kier alpha value is -4.21. The predicted octanol–water partition coefficient (Wildman–Crippen LogP) is 5.82. The number of nitrogens with one attached hydrogen (secondary N) is 1. The summed E-state index contributed by atoms with van der Waals surface area (Å²) in [4.78, 5) is 20.6. The van der Waals surface area contributed by atoms with Crippen molar-refractivity contribution in [2.45, 2.75) is 25.9 Å². The van der Waals surface area contributed by atoms with E-state index in [0.717, 1.165) is 40.3 Å². The highest BCUT2D eigenvalue weighted by Crippen LogP contribution is 2.31. The van der Waals surface area contributed by atoms with Gasteiger partial charge in [0.25, 0.3) is 0 Å². The van der Waals surface area contributed by atoms with Crippen molar-refractivity contribution in [3.05, 3.63) is 78.0 Å². The fourth-order valence-corrected chi connectivity index (χ4v) is 3.97. The number of hydrogen-bond acceptors (Lipinski definition) is 5. The van der Waals surface area contributed by atoms with Crippen LogP contribution >= 0.6 is 0 Å². The molecular formula is C26H23F3N6O. The van der Waals surface area contributed by atoms with Gasteiger partial charge >= 0.3 is 6.18 Å². The summed E-state index contributed by atoms with van der Waals surface area (Å²) in [6.45, 7) is 2.58. The zero-order valence-electron chi connectivity index (χ0n) is 19.7. The van der Waals surface area contributed by atoms with Crippen LogP contribution in [-0.4, -0.2) is 36.1 Å². The highest BCUT2D eigenvalue weighted by atomic mass is 19.4. The van der Waals surface area contributed by atoms with Crippen LogP contribution in [0.25, 0.3) is 33.8 Å². The van der Waals surface area contributed by atoms with E-state index in [-0.39, 0.29) is 5.82 Å². The number of pyridine rings is 1. The molecule has 36 heavy (non-hydrogen) atoms. The largest absolute Gasteiger partial charge is 0.477 e. The number of imidazole rings is 1. The van der Waals surface area contributed by atoms with Crippen LogP contribution in [0.1, 0.15) is 30.2 Å². The van der Waals surface area contributed by atoms with Gasteiger partial charge in [-0.25, -0.2) is 19.9 Å². The van der Waals surface area contributed by atoms with Crippen LogP contribution in [0.4, 0.5) is 13.2 Å². The Morgan fingerprint density at radius 3 is 2.58 bits per heavy atom. The molecular weight excluding hydrogens is 469 g/mol. The van der Waals surface area contributed by atoms with Gasteiger partial charge in [-0.2, -0.15) is 13.2 Å². The molecule has 4 aromatic heterocycles. The molecule has 0 aliphatic heterocycles. The normalized spacial score (nSPS) is 11.8. The molecule has 1 aromatic carbocycles. The van der Waals surface area contributed by atoms with E-state index in [1.807, 2.05) is 37.4 Å². The number of aromatic nitrogens is 6. The number of halogens is 3. The first-order valence-corrected chi connectivity index (χ1v) is 11.4. The Balaban J connectivity index is 1.41. The van der Waals surface area contributed by atoms with E-state index in [0.29, 0.717) is 30.3 Å². The smallest absolute Gasteiger partial charge is 0.434 e. The molecule has 0 bridgehead atoms. The highest BCUT2D eigenvalue weighted by molar-refractivity contribution is 5.81. The molecule has 0 amide bonds. The molecule has 0 aliphatic carbocycles. The van der Waals surface area contributed by atoms with Gasteiger partial charge in [-0.1, -0.05) is 31.2 Å². The molecule has 0 radical (unpaired) electrons. The second kappa shape index (κ2) is 9.44. The molecule has 0 atom stereocenters. The Morgan fingerprint density at radius 1 is 1.06 bits per heavy atom. The SMILES string of the molecule is CCCOc1ncccc1-c1ncc2[nH]cc(Cc3ccc(-c4nc(C(F)(F)F)cn4C)cc3)c2n1. The monoisotopic (exact) mass is 492 g/mol.